The van der Waals surface area contributed by atoms with Crippen LogP contribution in [0.1, 0.15) is 17.6 Å². The average Bonchev–Trinajstić information content (AvgIpc) is 2.91. The van der Waals surface area contributed by atoms with Crippen molar-refractivity contribution in [1.82, 2.24) is 14.9 Å². The van der Waals surface area contributed by atoms with Crippen molar-refractivity contribution in [2.24, 2.45) is 7.05 Å². The number of imidazole rings is 1. The van der Waals surface area contributed by atoms with Crippen LogP contribution in [0.15, 0.2) is 46.8 Å². The van der Waals surface area contributed by atoms with E-state index < -0.39 is 0 Å². The summed E-state index contributed by atoms with van der Waals surface area (Å²) in [6.07, 6.45) is 5.29. The molecule has 1 unspecified atom stereocenters. The Morgan fingerprint density at radius 1 is 1.71 bits per heavy atom. The summed E-state index contributed by atoms with van der Waals surface area (Å²) < 4.78 is 7.36. The summed E-state index contributed by atoms with van der Waals surface area (Å²) in [4.78, 5) is 4.32. The van der Waals surface area contributed by atoms with E-state index in [4.69, 9.17) is 16.0 Å². The molecule has 0 spiro atoms. The Kier molecular flexibility index (Phi) is 3.66. The molecule has 90 valence electrons. The lowest BCUT2D eigenvalue weighted by molar-refractivity contribution is 0.439. The van der Waals surface area contributed by atoms with Crippen LogP contribution in [0, 0.1) is 0 Å². The maximum absolute atomic E-state index is 5.77. The van der Waals surface area contributed by atoms with E-state index in [0.29, 0.717) is 11.6 Å². The summed E-state index contributed by atoms with van der Waals surface area (Å²) in [6.45, 7) is 4.16. The van der Waals surface area contributed by atoms with Crippen molar-refractivity contribution in [3.05, 3.63) is 54.0 Å². The van der Waals surface area contributed by atoms with Crippen LogP contribution in [0.4, 0.5) is 0 Å². The van der Waals surface area contributed by atoms with Crippen molar-refractivity contribution in [2.45, 2.75) is 6.04 Å². The molecule has 2 aromatic rings. The van der Waals surface area contributed by atoms with E-state index in [9.17, 15) is 0 Å². The van der Waals surface area contributed by atoms with Crippen LogP contribution in [0.5, 0.6) is 0 Å². The van der Waals surface area contributed by atoms with Crippen LogP contribution in [-0.2, 0) is 7.05 Å². The predicted octanol–water partition coefficient (Wildman–Crippen LogP) is 2.44. The van der Waals surface area contributed by atoms with Gasteiger partial charge in [0, 0.05) is 31.0 Å². The zero-order valence-electron chi connectivity index (χ0n) is 9.56. The molecule has 0 aliphatic rings. The van der Waals surface area contributed by atoms with Crippen molar-refractivity contribution in [2.75, 3.05) is 6.54 Å². The normalized spacial score (nSPS) is 12.6. The maximum Gasteiger partial charge on any atom is 0.133 e. The van der Waals surface area contributed by atoms with Gasteiger partial charge in [0.1, 0.15) is 17.6 Å². The fraction of sp³-hybridized carbons (Fsp3) is 0.250. The molecule has 2 aromatic heterocycles. The zero-order valence-corrected chi connectivity index (χ0v) is 10.3. The molecule has 0 saturated heterocycles. The Morgan fingerprint density at radius 3 is 3.06 bits per heavy atom. The molecular weight excluding hydrogens is 238 g/mol. The number of halogens is 1. The molecular formula is C12H14ClN3O. The number of nitrogens with zero attached hydrogens (tertiary/aromatic N) is 2. The summed E-state index contributed by atoms with van der Waals surface area (Å²) in [6, 6.07) is 3.63. The highest BCUT2D eigenvalue weighted by Gasteiger charge is 2.20. The highest BCUT2D eigenvalue weighted by molar-refractivity contribution is 6.29. The molecule has 2 heterocycles. The smallest absolute Gasteiger partial charge is 0.133 e. The van der Waals surface area contributed by atoms with Crippen molar-refractivity contribution < 1.29 is 4.42 Å². The summed E-state index contributed by atoms with van der Waals surface area (Å²) in [5.41, 5.74) is 0. The topological polar surface area (TPSA) is 43.0 Å². The lowest BCUT2D eigenvalue weighted by Gasteiger charge is -2.16. The van der Waals surface area contributed by atoms with Crippen molar-refractivity contribution in [1.29, 1.82) is 0 Å². The highest BCUT2D eigenvalue weighted by atomic mass is 35.5. The molecule has 0 bridgehead atoms. The zero-order chi connectivity index (χ0) is 12.3. The van der Waals surface area contributed by atoms with Gasteiger partial charge in [0.15, 0.2) is 0 Å². The quantitative estimate of drug-likeness (QED) is 0.888. The second-order valence-corrected chi connectivity index (χ2v) is 4.28. The third-order valence-corrected chi connectivity index (χ3v) is 2.58. The summed E-state index contributed by atoms with van der Waals surface area (Å²) >= 11 is 5.77. The minimum absolute atomic E-state index is 0.125. The van der Waals surface area contributed by atoms with Gasteiger partial charge >= 0.3 is 0 Å². The Hall–Kier alpha value is -1.52. The molecule has 0 radical (unpaired) electrons. The molecule has 0 fully saturated rings. The molecule has 0 aliphatic carbocycles. The molecule has 1 N–H and O–H groups in total. The number of nitrogens with one attached hydrogen (secondary N) is 1. The second kappa shape index (κ2) is 5.21. The van der Waals surface area contributed by atoms with Gasteiger partial charge in [-0.2, -0.15) is 0 Å². The molecule has 17 heavy (non-hydrogen) atoms. The number of aromatic nitrogens is 2. The molecule has 5 heteroatoms. The van der Waals surface area contributed by atoms with Crippen molar-refractivity contribution in [3.63, 3.8) is 0 Å². The first-order valence-electron chi connectivity index (χ1n) is 5.25. The standard InChI is InChI=1S/C12H14ClN3O/c1-9(13)8-15-11(10-4-3-7-17-10)12-14-5-6-16(12)2/h3-7,11,15H,1,8H2,2H3. The van der Waals surface area contributed by atoms with E-state index in [0.717, 1.165) is 11.6 Å². The molecule has 1 atom stereocenters. The van der Waals surface area contributed by atoms with Crippen LogP contribution in [0.3, 0.4) is 0 Å². The largest absolute Gasteiger partial charge is 0.467 e. The minimum atomic E-state index is -0.125. The number of aryl methyl sites for hydroxylation is 1. The number of hydrogen-bond acceptors (Lipinski definition) is 3. The molecule has 2 rings (SSSR count). The summed E-state index contributed by atoms with van der Waals surface area (Å²) in [5, 5.41) is 3.81. The number of furan rings is 1. The third-order valence-electron chi connectivity index (χ3n) is 2.44. The van der Waals surface area contributed by atoms with E-state index in [1.165, 1.54) is 0 Å². The first-order valence-corrected chi connectivity index (χ1v) is 5.63. The van der Waals surface area contributed by atoms with Gasteiger partial charge in [0.05, 0.1) is 6.26 Å². The maximum atomic E-state index is 5.77. The minimum Gasteiger partial charge on any atom is -0.467 e. The fourth-order valence-corrected chi connectivity index (χ4v) is 1.72. The summed E-state index contributed by atoms with van der Waals surface area (Å²) in [5.74, 6) is 1.68. The molecule has 0 aliphatic heterocycles. The van der Waals surface area contributed by atoms with Gasteiger partial charge < -0.3 is 8.98 Å². The van der Waals surface area contributed by atoms with Gasteiger partial charge in [0.2, 0.25) is 0 Å². The Bertz CT molecular complexity index is 490. The van der Waals surface area contributed by atoms with Crippen LogP contribution in [0.2, 0.25) is 0 Å². The highest BCUT2D eigenvalue weighted by Crippen LogP contribution is 2.20. The average molecular weight is 252 g/mol. The SMILES string of the molecule is C=C(Cl)CNC(c1ccco1)c1nccn1C. The number of hydrogen-bond donors (Lipinski definition) is 1. The van der Waals surface area contributed by atoms with Crippen LogP contribution < -0.4 is 5.32 Å². The van der Waals surface area contributed by atoms with Gasteiger partial charge in [-0.15, -0.1) is 0 Å². The fourth-order valence-electron chi connectivity index (χ4n) is 1.64. The Labute approximate surface area is 105 Å². The second-order valence-electron chi connectivity index (χ2n) is 3.74. The molecule has 4 nitrogen and oxygen atoms in total. The monoisotopic (exact) mass is 251 g/mol. The van der Waals surface area contributed by atoms with E-state index in [-0.39, 0.29) is 6.04 Å². The van der Waals surface area contributed by atoms with Gasteiger partial charge in [-0.25, -0.2) is 4.98 Å². The van der Waals surface area contributed by atoms with Crippen LogP contribution >= 0.6 is 11.6 Å². The van der Waals surface area contributed by atoms with Crippen molar-refractivity contribution in [3.8, 4) is 0 Å². The Morgan fingerprint density at radius 2 is 2.53 bits per heavy atom. The lowest BCUT2D eigenvalue weighted by Crippen LogP contribution is -2.25. The predicted molar refractivity (Wildman–Crippen MR) is 66.8 cm³/mol. The molecule has 0 aromatic carbocycles. The molecule has 0 saturated carbocycles. The van der Waals surface area contributed by atoms with Crippen LogP contribution in [-0.4, -0.2) is 16.1 Å². The van der Waals surface area contributed by atoms with Gasteiger partial charge in [0.25, 0.3) is 0 Å². The first kappa shape index (κ1) is 12.0. The Balaban J connectivity index is 2.25. The van der Waals surface area contributed by atoms with Crippen molar-refractivity contribution >= 4 is 11.6 Å². The van der Waals surface area contributed by atoms with E-state index in [2.05, 4.69) is 16.9 Å². The first-order chi connectivity index (χ1) is 8.18. The van der Waals surface area contributed by atoms with Crippen LogP contribution in [0.25, 0.3) is 0 Å². The molecule has 0 amide bonds. The van der Waals surface area contributed by atoms with E-state index in [1.54, 1.807) is 12.5 Å². The van der Waals surface area contributed by atoms with E-state index >= 15 is 0 Å². The third kappa shape index (κ3) is 2.78. The van der Waals surface area contributed by atoms with Gasteiger partial charge in [-0.3, -0.25) is 5.32 Å². The van der Waals surface area contributed by atoms with E-state index in [1.807, 2.05) is 29.9 Å². The van der Waals surface area contributed by atoms with Gasteiger partial charge in [-0.1, -0.05) is 18.2 Å². The number of rotatable bonds is 5. The van der Waals surface area contributed by atoms with Gasteiger partial charge in [-0.05, 0) is 12.1 Å². The lowest BCUT2D eigenvalue weighted by atomic mass is 10.2. The summed E-state index contributed by atoms with van der Waals surface area (Å²) in [7, 11) is 1.94.